The van der Waals surface area contributed by atoms with E-state index in [0.717, 1.165) is 58.7 Å². The zero-order valence-electron chi connectivity index (χ0n) is 31.5. The van der Waals surface area contributed by atoms with Gasteiger partial charge in [0.15, 0.2) is 5.78 Å². The molecule has 0 aliphatic heterocycles. The van der Waals surface area contributed by atoms with Gasteiger partial charge >= 0.3 is 0 Å². The van der Waals surface area contributed by atoms with Crippen LogP contribution in [0.2, 0.25) is 0 Å². The van der Waals surface area contributed by atoms with Crippen molar-refractivity contribution < 1.29 is 23.4 Å². The summed E-state index contributed by atoms with van der Waals surface area (Å²) in [6.45, 7) is 4.71. The first-order chi connectivity index (χ1) is 25.7. The van der Waals surface area contributed by atoms with Crippen molar-refractivity contribution >= 4 is 26.6 Å². The Labute approximate surface area is 319 Å². The van der Waals surface area contributed by atoms with E-state index >= 15 is 4.79 Å². The van der Waals surface area contributed by atoms with Crippen LogP contribution in [-0.4, -0.2) is 53.2 Å². The van der Waals surface area contributed by atoms with Crippen LogP contribution in [0.15, 0.2) is 121 Å². The lowest BCUT2D eigenvalue weighted by Gasteiger charge is -2.71. The Balaban J connectivity index is 1.15. The molecule has 0 saturated heterocycles. The molecule has 0 heterocycles. The fourth-order valence-electron chi connectivity index (χ4n) is 12.5. The number of hydrogen-bond donors (Lipinski definition) is 2. The van der Waals surface area contributed by atoms with Gasteiger partial charge < -0.3 is 10.2 Å². The Hall–Kier alpha value is -3.88. The van der Waals surface area contributed by atoms with Crippen LogP contribution in [0.25, 0.3) is 21.9 Å². The third kappa shape index (κ3) is 5.00. The van der Waals surface area contributed by atoms with E-state index in [4.69, 9.17) is 0 Å². The van der Waals surface area contributed by atoms with Gasteiger partial charge in [-0.15, -0.1) is 0 Å². The number of aliphatic hydroxyl groups is 2. The van der Waals surface area contributed by atoms with Gasteiger partial charge in [0.05, 0.1) is 18.0 Å². The topological polar surface area (TPSA) is 94.9 Å². The molecule has 8 unspecified atom stereocenters. The number of sulfonamides is 1. The van der Waals surface area contributed by atoms with Crippen LogP contribution in [-0.2, 0) is 16.6 Å². The number of aliphatic hydroxyl groups excluding tert-OH is 1. The predicted octanol–water partition coefficient (Wildman–Crippen LogP) is 8.74. The molecule has 280 valence electrons. The molecule has 2 bridgehead atoms. The van der Waals surface area contributed by atoms with Crippen LogP contribution >= 0.6 is 0 Å². The van der Waals surface area contributed by atoms with Crippen molar-refractivity contribution in [1.82, 2.24) is 4.31 Å². The largest absolute Gasteiger partial charge is 0.393 e. The smallest absolute Gasteiger partial charge is 0.211 e. The van der Waals surface area contributed by atoms with Crippen molar-refractivity contribution in [3.63, 3.8) is 0 Å². The Bertz CT molecular complexity index is 2330. The van der Waals surface area contributed by atoms with E-state index in [1.807, 2.05) is 97.1 Å². The van der Waals surface area contributed by atoms with Crippen molar-refractivity contribution in [1.29, 1.82) is 0 Å². The van der Waals surface area contributed by atoms with Crippen molar-refractivity contribution in [2.75, 3.05) is 12.8 Å². The van der Waals surface area contributed by atoms with Crippen LogP contribution in [0.4, 0.5) is 0 Å². The quantitative estimate of drug-likeness (QED) is 0.139. The van der Waals surface area contributed by atoms with Crippen LogP contribution < -0.4 is 0 Å². The van der Waals surface area contributed by atoms with Gasteiger partial charge in [-0.05, 0) is 89.7 Å². The maximum absolute atomic E-state index is 15.4. The lowest BCUT2D eigenvalue weighted by molar-refractivity contribution is -0.173. The number of carbonyl (C=O) groups is 1. The molecular weight excluding hydrogens is 691 g/mol. The van der Waals surface area contributed by atoms with Gasteiger partial charge in [0, 0.05) is 40.5 Å². The van der Waals surface area contributed by atoms with Crippen molar-refractivity contribution in [2.45, 2.75) is 77.0 Å². The van der Waals surface area contributed by atoms with E-state index in [1.165, 1.54) is 10.6 Å². The number of Topliss-reactive ketones (excluding diaryl/α,β-unsaturated/α-hetero) is 1. The lowest BCUT2D eigenvalue weighted by atomic mass is 9.32. The molecule has 54 heavy (non-hydrogen) atoms. The van der Waals surface area contributed by atoms with E-state index in [-0.39, 0.29) is 36.1 Å². The summed E-state index contributed by atoms with van der Waals surface area (Å²) in [7, 11) is -3.71. The number of ketones is 1. The molecule has 2 N–H and O–H groups in total. The van der Waals surface area contributed by atoms with E-state index in [1.54, 1.807) is 0 Å². The molecule has 0 aromatic heterocycles. The minimum atomic E-state index is -3.71. The normalized spacial score (nSPS) is 35.4. The minimum absolute atomic E-state index is 0.0102. The predicted molar refractivity (Wildman–Crippen MR) is 214 cm³/mol. The molecule has 4 aromatic carbocycles. The molecule has 6 nitrogen and oxygen atoms in total. The number of benzene rings is 4. The van der Waals surface area contributed by atoms with Crippen LogP contribution in [0.5, 0.6) is 0 Å². The van der Waals surface area contributed by atoms with Gasteiger partial charge in [0.2, 0.25) is 10.0 Å². The highest BCUT2D eigenvalue weighted by Gasteiger charge is 2.74. The molecule has 10 rings (SSSR count). The summed E-state index contributed by atoms with van der Waals surface area (Å²) in [6.07, 6.45) is 12.6. The number of allylic oxidation sites excluding steroid dienone is 4. The molecule has 4 aromatic rings. The summed E-state index contributed by atoms with van der Waals surface area (Å²) in [4.78, 5) is 15.4. The van der Waals surface area contributed by atoms with Gasteiger partial charge in [-0.1, -0.05) is 129 Å². The number of hydrogen-bond acceptors (Lipinski definition) is 5. The monoisotopic (exact) mass is 741 g/mol. The molecule has 3 saturated carbocycles. The highest BCUT2D eigenvalue weighted by Crippen LogP contribution is 2.78. The molecule has 7 heteroatoms. The van der Waals surface area contributed by atoms with E-state index in [0.29, 0.717) is 24.8 Å². The second-order valence-electron chi connectivity index (χ2n) is 17.7. The highest BCUT2D eigenvalue weighted by molar-refractivity contribution is 7.88. The molecule has 6 aliphatic rings. The minimum Gasteiger partial charge on any atom is -0.393 e. The molecular formula is C47H51NO5S. The fraction of sp³-hybridized carbons (Fsp3) is 0.426. The zero-order chi connectivity index (χ0) is 37.7. The second kappa shape index (κ2) is 12.3. The van der Waals surface area contributed by atoms with Crippen LogP contribution in [0.1, 0.15) is 74.7 Å². The Morgan fingerprint density at radius 1 is 0.796 bits per heavy atom. The first-order valence-electron chi connectivity index (χ1n) is 19.7. The van der Waals surface area contributed by atoms with Gasteiger partial charge in [-0.3, -0.25) is 4.79 Å². The number of carbonyl (C=O) groups excluding carboxylic acids is 1. The van der Waals surface area contributed by atoms with Crippen LogP contribution in [0.3, 0.4) is 0 Å². The van der Waals surface area contributed by atoms with Gasteiger partial charge in [-0.2, -0.15) is 4.31 Å². The number of rotatable bonds is 8. The Morgan fingerprint density at radius 2 is 1.46 bits per heavy atom. The SMILES string of the molecule is CC12CCC(O)CC13C=CC1(C(C(=O)c4ccccc4-c4ccccc4)=C3)C2CCC2(C)C1CCC2(O)CN(Cc1cccc2ccccc12)S(C)(=O)=O. The standard InChI is InChI=1S/C47H51NO5S/c1-43-23-20-35(49)28-45(43)26-27-47(39(29-45)42(50)38-19-10-9-18-37(38)33-12-5-4-6-13-33)40(43)21-24-44(2)41(47)22-25-46(44,51)31-48(54(3,52)53)30-34-16-11-15-32-14-7-8-17-36(32)34/h4-19,26-27,29,35,40-41,49,51H,20-25,28,30-31H2,1-3H3. The van der Waals surface area contributed by atoms with Crippen molar-refractivity contribution in [3.8, 4) is 11.1 Å². The second-order valence-corrected chi connectivity index (χ2v) is 19.7. The Kier molecular flexibility index (Phi) is 8.16. The van der Waals surface area contributed by atoms with Crippen molar-refractivity contribution in [3.05, 3.63) is 132 Å². The van der Waals surface area contributed by atoms with Gasteiger partial charge in [0.1, 0.15) is 0 Å². The summed E-state index contributed by atoms with van der Waals surface area (Å²) >= 11 is 0. The summed E-state index contributed by atoms with van der Waals surface area (Å²) in [6, 6.07) is 31.9. The van der Waals surface area contributed by atoms with Gasteiger partial charge in [-0.25, -0.2) is 8.42 Å². The first-order valence-corrected chi connectivity index (χ1v) is 21.5. The van der Waals surface area contributed by atoms with E-state index < -0.39 is 38.0 Å². The molecule has 2 spiro atoms. The number of fused-ring (bicyclic) bond motifs is 2. The molecule has 0 amide bonds. The average molecular weight is 742 g/mol. The summed E-state index contributed by atoms with van der Waals surface area (Å²) in [5, 5.41) is 26.3. The zero-order valence-corrected chi connectivity index (χ0v) is 32.4. The van der Waals surface area contributed by atoms with Crippen molar-refractivity contribution in [2.24, 2.45) is 33.5 Å². The third-order valence-electron chi connectivity index (χ3n) is 15.3. The maximum Gasteiger partial charge on any atom is 0.211 e. The average Bonchev–Trinajstić information content (AvgIpc) is 3.44. The molecule has 6 aliphatic carbocycles. The highest BCUT2D eigenvalue weighted by atomic mass is 32.2. The van der Waals surface area contributed by atoms with Crippen LogP contribution in [0, 0.1) is 33.5 Å². The third-order valence-corrected chi connectivity index (χ3v) is 16.5. The van der Waals surface area contributed by atoms with Gasteiger partial charge in [0.25, 0.3) is 0 Å². The summed E-state index contributed by atoms with van der Waals surface area (Å²) in [5.74, 6) is 0.0567. The summed E-state index contributed by atoms with van der Waals surface area (Å²) < 4.78 is 28.7. The maximum atomic E-state index is 15.4. The van der Waals surface area contributed by atoms with E-state index in [9.17, 15) is 18.6 Å². The summed E-state index contributed by atoms with van der Waals surface area (Å²) in [5.41, 5.74) is 0.992. The number of nitrogens with zero attached hydrogens (tertiary/aromatic N) is 1. The lowest BCUT2D eigenvalue weighted by Crippen LogP contribution is -2.67. The Morgan fingerprint density at radius 3 is 2.26 bits per heavy atom. The fourth-order valence-corrected chi connectivity index (χ4v) is 13.3. The van der Waals surface area contributed by atoms with E-state index in [2.05, 4.69) is 32.1 Å². The first kappa shape index (κ1) is 35.8. The molecule has 8 atom stereocenters. The molecule has 0 radical (unpaired) electrons. The molecule has 3 fully saturated rings.